The summed E-state index contributed by atoms with van der Waals surface area (Å²) in [6.45, 7) is 4.77. The Kier molecular flexibility index (Phi) is 7.92. The topological polar surface area (TPSA) is 49.8 Å². The van der Waals surface area contributed by atoms with Crippen LogP contribution in [0.25, 0.3) is 0 Å². The minimum absolute atomic E-state index is 0.371. The van der Waals surface area contributed by atoms with Crippen molar-refractivity contribution in [1.29, 1.82) is 0 Å². The van der Waals surface area contributed by atoms with Crippen molar-refractivity contribution in [1.82, 2.24) is 4.90 Å². The number of methoxy groups -OCH3 is 1. The van der Waals surface area contributed by atoms with Crippen molar-refractivity contribution in [3.05, 3.63) is 65.7 Å². The Morgan fingerprint density at radius 2 is 1.87 bits per heavy atom. The van der Waals surface area contributed by atoms with Crippen molar-refractivity contribution in [3.63, 3.8) is 0 Å². The van der Waals surface area contributed by atoms with Gasteiger partial charge in [-0.1, -0.05) is 48.9 Å². The molecule has 1 N–H and O–H groups in total. The molecule has 0 bridgehead atoms. The number of likely N-dealkylation sites (tertiary alicyclic amines) is 1. The Morgan fingerprint density at radius 3 is 2.60 bits per heavy atom. The van der Waals surface area contributed by atoms with Crippen LogP contribution in [-0.2, 0) is 16.6 Å². The Morgan fingerprint density at radius 1 is 1.13 bits per heavy atom. The lowest BCUT2D eigenvalue weighted by atomic mass is 9.69. The van der Waals surface area contributed by atoms with Gasteiger partial charge in [-0.15, -0.1) is 0 Å². The summed E-state index contributed by atoms with van der Waals surface area (Å²) in [6.07, 6.45) is 7.89. The zero-order valence-corrected chi connectivity index (χ0v) is 18.3. The van der Waals surface area contributed by atoms with Crippen LogP contribution >= 0.6 is 0 Å². The van der Waals surface area contributed by atoms with Gasteiger partial charge in [0.2, 0.25) is 0 Å². The molecule has 1 aliphatic carbocycles. The number of ether oxygens (including phenoxy) is 1. The number of carboxylic acid groups (broad SMARTS) is 1. The number of fused-ring (bicyclic) bond motifs is 1. The van der Waals surface area contributed by atoms with Gasteiger partial charge in [-0.2, -0.15) is 0 Å². The summed E-state index contributed by atoms with van der Waals surface area (Å²) < 4.78 is 5.52. The third kappa shape index (κ3) is 5.63. The van der Waals surface area contributed by atoms with Crippen molar-refractivity contribution < 1.29 is 14.6 Å². The molecule has 0 aromatic heterocycles. The van der Waals surface area contributed by atoms with Gasteiger partial charge in [-0.25, -0.2) is 0 Å². The van der Waals surface area contributed by atoms with Crippen LogP contribution in [0, 0.1) is 5.92 Å². The second-order valence-corrected chi connectivity index (χ2v) is 8.64. The number of carbonyl (C=O) groups is 1. The summed E-state index contributed by atoms with van der Waals surface area (Å²) >= 11 is 0. The first kappa shape index (κ1) is 22.4. The molecular weight excluding hydrogens is 374 g/mol. The number of aliphatic carboxylic acids is 1. The summed E-state index contributed by atoms with van der Waals surface area (Å²) in [6, 6.07) is 19.8. The van der Waals surface area contributed by atoms with Crippen molar-refractivity contribution >= 4 is 5.97 Å². The van der Waals surface area contributed by atoms with E-state index in [4.69, 9.17) is 14.6 Å². The lowest BCUT2D eigenvalue weighted by Gasteiger charge is -2.36. The van der Waals surface area contributed by atoms with Crippen LogP contribution in [0.4, 0.5) is 0 Å². The summed E-state index contributed by atoms with van der Waals surface area (Å²) in [7, 11) is 1.78. The van der Waals surface area contributed by atoms with Gasteiger partial charge in [0.15, 0.2) is 0 Å². The third-order valence-corrected chi connectivity index (χ3v) is 6.74. The molecule has 0 spiro atoms. The zero-order chi connectivity index (χ0) is 21.4. The molecule has 2 fully saturated rings. The minimum atomic E-state index is -0.833. The maximum absolute atomic E-state index is 9.00. The zero-order valence-electron chi connectivity index (χ0n) is 18.3. The summed E-state index contributed by atoms with van der Waals surface area (Å²) in [5.74, 6) is 0.959. The van der Waals surface area contributed by atoms with Crippen LogP contribution in [-0.4, -0.2) is 42.7 Å². The van der Waals surface area contributed by atoms with Crippen LogP contribution in [0.3, 0.4) is 0 Å². The minimum Gasteiger partial charge on any atom is -0.497 e. The van der Waals surface area contributed by atoms with E-state index >= 15 is 0 Å². The van der Waals surface area contributed by atoms with Crippen LogP contribution in [0.15, 0.2) is 54.6 Å². The Hall–Kier alpha value is -2.33. The van der Waals surface area contributed by atoms with Gasteiger partial charge in [0.05, 0.1) is 7.11 Å². The maximum atomic E-state index is 9.00. The highest BCUT2D eigenvalue weighted by Crippen LogP contribution is 2.51. The van der Waals surface area contributed by atoms with Crippen molar-refractivity contribution in [3.8, 4) is 5.75 Å². The average Bonchev–Trinajstić information content (AvgIpc) is 3.07. The van der Waals surface area contributed by atoms with Crippen molar-refractivity contribution in [2.24, 2.45) is 5.92 Å². The lowest BCUT2D eigenvalue weighted by Crippen LogP contribution is -2.36. The van der Waals surface area contributed by atoms with Gasteiger partial charge < -0.3 is 14.7 Å². The van der Waals surface area contributed by atoms with E-state index < -0.39 is 5.97 Å². The van der Waals surface area contributed by atoms with E-state index in [1.54, 1.807) is 7.11 Å². The van der Waals surface area contributed by atoms with Crippen molar-refractivity contribution in [2.75, 3.05) is 26.7 Å². The Bertz CT molecular complexity index is 803. The predicted molar refractivity (Wildman–Crippen MR) is 121 cm³/mol. The second kappa shape index (κ2) is 10.6. The molecule has 4 rings (SSSR count). The Labute approximate surface area is 180 Å². The molecule has 2 aliphatic rings. The van der Waals surface area contributed by atoms with Gasteiger partial charge in [0.25, 0.3) is 5.97 Å². The molecule has 2 aromatic carbocycles. The molecule has 2 atom stereocenters. The fraction of sp³-hybridized carbons (Fsp3) is 0.500. The van der Waals surface area contributed by atoms with E-state index in [9.17, 15) is 0 Å². The van der Waals surface area contributed by atoms with Gasteiger partial charge in [0, 0.05) is 20.0 Å². The van der Waals surface area contributed by atoms with Crippen LogP contribution in [0.2, 0.25) is 0 Å². The standard InChI is InChI=1S/C24H31NO.C2H4O2/c1-26-23-12-5-10-21(18-23)24-14-6-11-22(24)19-25(16-7-15-24)17-13-20-8-3-2-4-9-20;1-2(3)4/h2-5,8-10,12,18,22H,6-7,11,13-17,19H2,1H3;1H3,(H,3,4). The molecule has 30 heavy (non-hydrogen) atoms. The number of rotatable bonds is 5. The van der Waals surface area contributed by atoms with Gasteiger partial charge >= 0.3 is 0 Å². The van der Waals surface area contributed by atoms with Gasteiger partial charge in [0.1, 0.15) is 5.75 Å². The maximum Gasteiger partial charge on any atom is 0.300 e. The summed E-state index contributed by atoms with van der Waals surface area (Å²) in [4.78, 5) is 11.7. The number of benzene rings is 2. The summed E-state index contributed by atoms with van der Waals surface area (Å²) in [5, 5.41) is 7.42. The number of carboxylic acids is 1. The van der Waals surface area contributed by atoms with E-state index in [0.29, 0.717) is 5.41 Å². The first-order chi connectivity index (χ1) is 14.5. The van der Waals surface area contributed by atoms with E-state index in [0.717, 1.165) is 18.6 Å². The molecule has 4 heteroatoms. The van der Waals surface area contributed by atoms with Crippen molar-refractivity contribution in [2.45, 2.75) is 50.9 Å². The van der Waals surface area contributed by atoms with E-state index in [1.165, 1.54) is 69.3 Å². The molecule has 162 valence electrons. The average molecular weight is 410 g/mol. The molecule has 0 amide bonds. The molecule has 0 radical (unpaired) electrons. The molecular formula is C26H35NO3. The van der Waals surface area contributed by atoms with Crippen LogP contribution in [0.1, 0.15) is 50.2 Å². The molecule has 1 aliphatic heterocycles. The van der Waals surface area contributed by atoms with Gasteiger partial charge in [-0.3, -0.25) is 4.79 Å². The highest BCUT2D eigenvalue weighted by Gasteiger charge is 2.45. The second-order valence-electron chi connectivity index (χ2n) is 8.64. The fourth-order valence-corrected chi connectivity index (χ4v) is 5.35. The lowest BCUT2D eigenvalue weighted by molar-refractivity contribution is -0.134. The number of nitrogens with zero attached hydrogens (tertiary/aromatic N) is 1. The molecule has 2 aromatic rings. The Balaban J connectivity index is 0.000000589. The first-order valence-corrected chi connectivity index (χ1v) is 11.1. The fourth-order valence-electron chi connectivity index (χ4n) is 5.35. The van der Waals surface area contributed by atoms with Crippen LogP contribution < -0.4 is 4.74 Å². The van der Waals surface area contributed by atoms with Gasteiger partial charge in [-0.05, 0) is 73.2 Å². The summed E-state index contributed by atoms with van der Waals surface area (Å²) in [5.41, 5.74) is 3.35. The SMILES string of the molecule is CC(=O)O.COc1cccc(C23CCCC2CN(CCc2ccccc2)CCC3)c1. The monoisotopic (exact) mass is 409 g/mol. The first-order valence-electron chi connectivity index (χ1n) is 11.1. The molecule has 1 heterocycles. The molecule has 4 nitrogen and oxygen atoms in total. The molecule has 1 saturated heterocycles. The molecule has 2 unspecified atom stereocenters. The van der Waals surface area contributed by atoms with E-state index in [-0.39, 0.29) is 0 Å². The molecule has 1 saturated carbocycles. The number of hydrogen-bond donors (Lipinski definition) is 1. The smallest absolute Gasteiger partial charge is 0.300 e. The highest BCUT2D eigenvalue weighted by molar-refractivity contribution is 5.62. The highest BCUT2D eigenvalue weighted by atomic mass is 16.5. The predicted octanol–water partition coefficient (Wildman–Crippen LogP) is 5.16. The number of hydrogen-bond acceptors (Lipinski definition) is 3. The van der Waals surface area contributed by atoms with E-state index in [1.807, 2.05) is 0 Å². The third-order valence-electron chi connectivity index (χ3n) is 6.74. The van der Waals surface area contributed by atoms with Crippen LogP contribution in [0.5, 0.6) is 5.75 Å². The largest absolute Gasteiger partial charge is 0.497 e. The quantitative estimate of drug-likeness (QED) is 0.741. The normalized spacial score (nSPS) is 23.6. The van der Waals surface area contributed by atoms with E-state index in [2.05, 4.69) is 59.5 Å².